The van der Waals surface area contributed by atoms with Crippen molar-refractivity contribution in [3.63, 3.8) is 0 Å². The lowest BCUT2D eigenvalue weighted by atomic mass is 10.3. The zero-order valence-electron chi connectivity index (χ0n) is 12.9. The van der Waals surface area contributed by atoms with Gasteiger partial charge < -0.3 is 9.80 Å². The first-order valence-electron chi connectivity index (χ1n) is 7.39. The number of amides is 1. The Kier molecular flexibility index (Phi) is 5.42. The summed E-state index contributed by atoms with van der Waals surface area (Å²) in [5.41, 5.74) is 0. The highest BCUT2D eigenvalue weighted by Gasteiger charge is 2.21. The van der Waals surface area contributed by atoms with Crippen molar-refractivity contribution in [1.29, 1.82) is 0 Å². The second-order valence-electron chi connectivity index (χ2n) is 5.34. The second kappa shape index (κ2) is 7.09. The third-order valence-corrected chi connectivity index (χ3v) is 3.93. The average molecular weight is 311 g/mol. The van der Waals surface area contributed by atoms with Gasteiger partial charge in [-0.15, -0.1) is 11.6 Å². The Hall–Kier alpha value is -1.33. The fourth-order valence-electron chi connectivity index (χ4n) is 2.42. The van der Waals surface area contributed by atoms with E-state index in [9.17, 15) is 4.79 Å². The smallest absolute Gasteiger partial charge is 0.245 e. The number of carbonyl (C=O) groups is 1. The molecule has 21 heavy (non-hydrogen) atoms. The molecule has 0 saturated carbocycles. The number of pyridine rings is 1. The molecule has 1 aromatic heterocycles. The van der Waals surface area contributed by atoms with Crippen molar-refractivity contribution in [3.8, 4) is 0 Å². The van der Waals surface area contributed by atoms with E-state index in [0.29, 0.717) is 12.4 Å². The van der Waals surface area contributed by atoms with Crippen LogP contribution < -0.4 is 9.80 Å². The minimum absolute atomic E-state index is 0.109. The zero-order valence-corrected chi connectivity index (χ0v) is 13.7. The van der Waals surface area contributed by atoms with Gasteiger partial charge in [-0.05, 0) is 33.0 Å². The van der Waals surface area contributed by atoms with Crippen LogP contribution >= 0.6 is 11.6 Å². The quantitative estimate of drug-likeness (QED) is 0.795. The molecule has 0 radical (unpaired) electrons. The Balaban J connectivity index is 2.18. The van der Waals surface area contributed by atoms with Crippen molar-refractivity contribution in [3.05, 3.63) is 18.2 Å². The summed E-state index contributed by atoms with van der Waals surface area (Å²) in [5, 5.41) is -0.543. The van der Waals surface area contributed by atoms with E-state index < -0.39 is 5.38 Å². The highest BCUT2D eigenvalue weighted by Crippen LogP contribution is 2.20. The van der Waals surface area contributed by atoms with Crippen LogP contribution in [0, 0.1) is 0 Å². The summed E-state index contributed by atoms with van der Waals surface area (Å²) in [4.78, 5) is 23.0. The van der Waals surface area contributed by atoms with Crippen molar-refractivity contribution in [2.24, 2.45) is 0 Å². The molecule has 0 aromatic carbocycles. The van der Waals surface area contributed by atoms with Crippen LogP contribution in [-0.2, 0) is 4.79 Å². The Bertz CT molecular complexity index is 486. The summed E-state index contributed by atoms with van der Waals surface area (Å²) in [6, 6.07) is 5.81. The molecule has 5 nitrogen and oxygen atoms in total. The number of aromatic nitrogens is 1. The first-order chi connectivity index (χ1) is 10.0. The lowest BCUT2D eigenvalue weighted by Crippen LogP contribution is -2.45. The number of hydrogen-bond acceptors (Lipinski definition) is 4. The Morgan fingerprint density at radius 1 is 1.38 bits per heavy atom. The molecule has 6 heteroatoms. The first kappa shape index (κ1) is 16.0. The van der Waals surface area contributed by atoms with Gasteiger partial charge in [0.1, 0.15) is 17.0 Å². The van der Waals surface area contributed by atoms with Crippen LogP contribution in [0.5, 0.6) is 0 Å². The summed E-state index contributed by atoms with van der Waals surface area (Å²) in [7, 11) is 2.13. The molecule has 0 N–H and O–H groups in total. The third kappa shape index (κ3) is 3.86. The number of halogens is 1. The molecule has 0 spiro atoms. The van der Waals surface area contributed by atoms with Gasteiger partial charge in [0.2, 0.25) is 5.91 Å². The topological polar surface area (TPSA) is 39.7 Å². The number of likely N-dealkylation sites (N-methyl/N-ethyl adjacent to an activating group) is 1. The molecule has 0 aliphatic carbocycles. The van der Waals surface area contributed by atoms with Gasteiger partial charge in [-0.3, -0.25) is 9.69 Å². The maximum atomic E-state index is 12.1. The molecule has 0 bridgehead atoms. The lowest BCUT2D eigenvalue weighted by Gasteiger charge is -2.33. The molecule has 2 rings (SSSR count). The summed E-state index contributed by atoms with van der Waals surface area (Å²) in [6.07, 6.45) is 0. The van der Waals surface area contributed by atoms with Crippen LogP contribution in [-0.4, -0.2) is 60.9 Å². The summed E-state index contributed by atoms with van der Waals surface area (Å²) < 4.78 is 0. The van der Waals surface area contributed by atoms with Crippen LogP contribution in [0.15, 0.2) is 18.2 Å². The van der Waals surface area contributed by atoms with E-state index in [4.69, 9.17) is 11.6 Å². The van der Waals surface area contributed by atoms with E-state index in [-0.39, 0.29) is 5.91 Å². The molecule has 1 saturated heterocycles. The van der Waals surface area contributed by atoms with Gasteiger partial charge in [-0.1, -0.05) is 6.07 Å². The number of carbonyl (C=O) groups excluding carboxylic acids is 1. The minimum atomic E-state index is -0.543. The Morgan fingerprint density at radius 3 is 2.62 bits per heavy atom. The van der Waals surface area contributed by atoms with Gasteiger partial charge in [0, 0.05) is 32.7 Å². The van der Waals surface area contributed by atoms with Crippen molar-refractivity contribution in [2.75, 3.05) is 49.6 Å². The fourth-order valence-corrected chi connectivity index (χ4v) is 2.54. The molecular weight excluding hydrogens is 288 g/mol. The van der Waals surface area contributed by atoms with Crippen LogP contribution in [0.25, 0.3) is 0 Å². The molecule has 2 heterocycles. The highest BCUT2D eigenvalue weighted by atomic mass is 35.5. The van der Waals surface area contributed by atoms with Gasteiger partial charge in [-0.25, -0.2) is 4.98 Å². The van der Waals surface area contributed by atoms with Crippen molar-refractivity contribution in [2.45, 2.75) is 19.2 Å². The molecule has 1 aliphatic rings. The molecular formula is C15H23ClN4O. The maximum Gasteiger partial charge on any atom is 0.245 e. The number of anilines is 2. The standard InChI is InChI=1S/C15H23ClN4O/c1-4-20(15(21)12(2)16)14-7-5-6-13(17-14)19-10-8-18(3)9-11-19/h5-7,12H,4,8-11H2,1-3H3. The van der Waals surface area contributed by atoms with Gasteiger partial charge in [0.15, 0.2) is 0 Å². The van der Waals surface area contributed by atoms with Crippen LogP contribution in [0.4, 0.5) is 11.6 Å². The van der Waals surface area contributed by atoms with Crippen molar-refractivity contribution < 1.29 is 4.79 Å². The second-order valence-corrected chi connectivity index (χ2v) is 6.00. The fraction of sp³-hybridized carbons (Fsp3) is 0.600. The van der Waals surface area contributed by atoms with Crippen LogP contribution in [0.1, 0.15) is 13.8 Å². The lowest BCUT2D eigenvalue weighted by molar-refractivity contribution is -0.118. The van der Waals surface area contributed by atoms with Gasteiger partial charge >= 0.3 is 0 Å². The van der Waals surface area contributed by atoms with Gasteiger partial charge in [-0.2, -0.15) is 0 Å². The van der Waals surface area contributed by atoms with E-state index >= 15 is 0 Å². The highest BCUT2D eigenvalue weighted by molar-refractivity contribution is 6.32. The molecule has 1 aliphatic heterocycles. The van der Waals surface area contributed by atoms with E-state index in [1.54, 1.807) is 11.8 Å². The van der Waals surface area contributed by atoms with Crippen molar-refractivity contribution >= 4 is 29.1 Å². The summed E-state index contributed by atoms with van der Waals surface area (Å²) in [5.74, 6) is 1.49. The third-order valence-electron chi connectivity index (χ3n) is 3.75. The number of hydrogen-bond donors (Lipinski definition) is 0. The molecule has 1 aromatic rings. The van der Waals surface area contributed by atoms with Crippen molar-refractivity contribution in [1.82, 2.24) is 9.88 Å². The number of alkyl halides is 1. The zero-order chi connectivity index (χ0) is 15.4. The Morgan fingerprint density at radius 2 is 2.05 bits per heavy atom. The van der Waals surface area contributed by atoms with E-state index in [0.717, 1.165) is 32.0 Å². The summed E-state index contributed by atoms with van der Waals surface area (Å²) in [6.45, 7) is 8.16. The molecule has 1 unspecified atom stereocenters. The summed E-state index contributed by atoms with van der Waals surface area (Å²) >= 11 is 5.92. The van der Waals surface area contributed by atoms with E-state index in [1.165, 1.54) is 0 Å². The maximum absolute atomic E-state index is 12.1. The number of piperazine rings is 1. The van der Waals surface area contributed by atoms with Crippen LogP contribution in [0.2, 0.25) is 0 Å². The largest absolute Gasteiger partial charge is 0.354 e. The monoisotopic (exact) mass is 310 g/mol. The minimum Gasteiger partial charge on any atom is -0.354 e. The number of rotatable bonds is 4. The molecule has 1 amide bonds. The predicted molar refractivity (Wildman–Crippen MR) is 87.3 cm³/mol. The molecule has 116 valence electrons. The average Bonchev–Trinajstić information content (AvgIpc) is 2.49. The van der Waals surface area contributed by atoms with Gasteiger partial charge in [0.05, 0.1) is 0 Å². The van der Waals surface area contributed by atoms with E-state index in [1.807, 2.05) is 25.1 Å². The predicted octanol–water partition coefficient (Wildman–Crippen LogP) is 1.81. The SMILES string of the molecule is CCN(C(=O)C(C)Cl)c1cccc(N2CCN(C)CC2)n1. The Labute approximate surface area is 131 Å². The van der Waals surface area contributed by atoms with Gasteiger partial charge in [0.25, 0.3) is 0 Å². The number of nitrogens with zero attached hydrogens (tertiary/aromatic N) is 4. The normalized spacial score (nSPS) is 17.6. The van der Waals surface area contributed by atoms with Crippen LogP contribution in [0.3, 0.4) is 0 Å². The van der Waals surface area contributed by atoms with E-state index in [2.05, 4.69) is 21.8 Å². The first-order valence-corrected chi connectivity index (χ1v) is 7.82. The molecule has 1 fully saturated rings. The molecule has 1 atom stereocenters.